The van der Waals surface area contributed by atoms with Crippen LogP contribution in [-0.4, -0.2) is 17.0 Å². The number of amides is 1. The standard InChI is InChI=1S/C15H18FNO3/c1-15(2,9-4-3-5-10(16)8-9)17-13(18)11-6-7-12(11)14(19)20/h3-5,8,11-12H,6-7H2,1-2H3,(H,17,18)(H,19,20). The second kappa shape index (κ2) is 5.23. The number of carboxylic acids is 1. The molecule has 1 aromatic carbocycles. The molecule has 0 heterocycles. The van der Waals surface area contributed by atoms with Crippen molar-refractivity contribution < 1.29 is 19.1 Å². The molecule has 0 aliphatic heterocycles. The van der Waals surface area contributed by atoms with Crippen LogP contribution in [0.15, 0.2) is 24.3 Å². The number of carbonyl (C=O) groups excluding carboxylic acids is 1. The van der Waals surface area contributed by atoms with Crippen LogP contribution in [0.4, 0.5) is 4.39 Å². The fourth-order valence-corrected chi connectivity index (χ4v) is 2.46. The SMILES string of the molecule is CC(C)(NC(=O)C1CCC1C(=O)O)c1cccc(F)c1. The van der Waals surface area contributed by atoms with Crippen molar-refractivity contribution in [3.63, 3.8) is 0 Å². The van der Waals surface area contributed by atoms with Gasteiger partial charge in [-0.1, -0.05) is 12.1 Å². The van der Waals surface area contributed by atoms with Crippen LogP contribution in [0, 0.1) is 17.7 Å². The molecule has 2 atom stereocenters. The summed E-state index contributed by atoms with van der Waals surface area (Å²) >= 11 is 0. The summed E-state index contributed by atoms with van der Waals surface area (Å²) in [5.74, 6) is -2.66. The summed E-state index contributed by atoms with van der Waals surface area (Å²) in [5, 5.41) is 11.8. The van der Waals surface area contributed by atoms with Crippen molar-refractivity contribution in [3.05, 3.63) is 35.6 Å². The Balaban J connectivity index is 2.08. The summed E-state index contributed by atoms with van der Waals surface area (Å²) in [6.45, 7) is 3.54. The highest BCUT2D eigenvalue weighted by molar-refractivity contribution is 5.86. The van der Waals surface area contributed by atoms with Crippen molar-refractivity contribution in [2.45, 2.75) is 32.2 Å². The van der Waals surface area contributed by atoms with E-state index in [1.54, 1.807) is 26.0 Å². The van der Waals surface area contributed by atoms with Gasteiger partial charge in [-0.25, -0.2) is 4.39 Å². The highest BCUT2D eigenvalue weighted by Gasteiger charge is 2.42. The number of nitrogens with one attached hydrogen (secondary N) is 1. The van der Waals surface area contributed by atoms with Gasteiger partial charge in [0, 0.05) is 0 Å². The van der Waals surface area contributed by atoms with Gasteiger partial charge in [0.15, 0.2) is 0 Å². The van der Waals surface area contributed by atoms with Gasteiger partial charge in [0.25, 0.3) is 0 Å². The van der Waals surface area contributed by atoms with Crippen molar-refractivity contribution in [1.82, 2.24) is 5.32 Å². The largest absolute Gasteiger partial charge is 0.481 e. The molecule has 0 bridgehead atoms. The van der Waals surface area contributed by atoms with E-state index >= 15 is 0 Å². The Hall–Kier alpha value is -1.91. The molecule has 1 fully saturated rings. The van der Waals surface area contributed by atoms with Gasteiger partial charge in [0.05, 0.1) is 17.4 Å². The van der Waals surface area contributed by atoms with Crippen LogP contribution < -0.4 is 5.32 Å². The predicted molar refractivity (Wildman–Crippen MR) is 71.4 cm³/mol. The van der Waals surface area contributed by atoms with E-state index in [-0.39, 0.29) is 11.7 Å². The van der Waals surface area contributed by atoms with E-state index in [0.29, 0.717) is 18.4 Å². The smallest absolute Gasteiger partial charge is 0.307 e. The summed E-state index contributed by atoms with van der Waals surface area (Å²) in [7, 11) is 0. The molecule has 108 valence electrons. The zero-order valence-electron chi connectivity index (χ0n) is 11.5. The summed E-state index contributed by atoms with van der Waals surface area (Å²) in [5.41, 5.74) is -0.0882. The lowest BCUT2D eigenvalue weighted by atomic mass is 9.72. The molecule has 4 nitrogen and oxygen atoms in total. The first kappa shape index (κ1) is 14.5. The van der Waals surface area contributed by atoms with E-state index in [9.17, 15) is 14.0 Å². The summed E-state index contributed by atoms with van der Waals surface area (Å²) in [6, 6.07) is 6.03. The number of hydrogen-bond donors (Lipinski definition) is 2. The average molecular weight is 279 g/mol. The molecule has 1 aliphatic carbocycles. The number of rotatable bonds is 4. The Morgan fingerprint density at radius 3 is 2.45 bits per heavy atom. The van der Waals surface area contributed by atoms with Crippen LogP contribution in [0.5, 0.6) is 0 Å². The Morgan fingerprint density at radius 1 is 1.30 bits per heavy atom. The minimum atomic E-state index is -0.931. The average Bonchev–Trinajstić information content (AvgIpc) is 2.25. The molecule has 1 saturated carbocycles. The third kappa shape index (κ3) is 2.81. The van der Waals surface area contributed by atoms with E-state index in [1.807, 2.05) is 0 Å². The van der Waals surface area contributed by atoms with Gasteiger partial charge >= 0.3 is 5.97 Å². The van der Waals surface area contributed by atoms with E-state index in [4.69, 9.17) is 5.11 Å². The molecule has 1 amide bonds. The number of benzene rings is 1. The second-order valence-corrected chi connectivity index (χ2v) is 5.75. The molecule has 5 heteroatoms. The van der Waals surface area contributed by atoms with E-state index in [2.05, 4.69) is 5.32 Å². The third-order valence-corrected chi connectivity index (χ3v) is 3.91. The molecular formula is C15H18FNO3. The van der Waals surface area contributed by atoms with Crippen LogP contribution >= 0.6 is 0 Å². The van der Waals surface area contributed by atoms with Crippen LogP contribution in [0.1, 0.15) is 32.3 Å². The third-order valence-electron chi connectivity index (χ3n) is 3.91. The quantitative estimate of drug-likeness (QED) is 0.888. The van der Waals surface area contributed by atoms with Crippen molar-refractivity contribution in [3.8, 4) is 0 Å². The molecule has 2 N–H and O–H groups in total. The zero-order chi connectivity index (χ0) is 14.9. The van der Waals surface area contributed by atoms with Crippen LogP contribution in [0.2, 0.25) is 0 Å². The van der Waals surface area contributed by atoms with Crippen molar-refractivity contribution >= 4 is 11.9 Å². The number of carboxylic acid groups (broad SMARTS) is 1. The van der Waals surface area contributed by atoms with Gasteiger partial charge < -0.3 is 10.4 Å². The lowest BCUT2D eigenvalue weighted by Crippen LogP contribution is -2.50. The fraction of sp³-hybridized carbons (Fsp3) is 0.467. The first-order valence-electron chi connectivity index (χ1n) is 6.62. The molecule has 0 radical (unpaired) electrons. The molecule has 0 saturated heterocycles. The van der Waals surface area contributed by atoms with Gasteiger partial charge in [0.2, 0.25) is 5.91 Å². The molecular weight excluding hydrogens is 261 g/mol. The van der Waals surface area contributed by atoms with Crippen molar-refractivity contribution in [2.75, 3.05) is 0 Å². The normalized spacial score (nSPS) is 21.9. The fourth-order valence-electron chi connectivity index (χ4n) is 2.46. The van der Waals surface area contributed by atoms with Crippen molar-refractivity contribution in [1.29, 1.82) is 0 Å². The lowest BCUT2D eigenvalue weighted by molar-refractivity contribution is -0.153. The highest BCUT2D eigenvalue weighted by Crippen LogP contribution is 2.35. The number of halogens is 1. The molecule has 20 heavy (non-hydrogen) atoms. The maximum atomic E-state index is 13.2. The number of carbonyl (C=O) groups is 2. The lowest BCUT2D eigenvalue weighted by Gasteiger charge is -2.36. The van der Waals surface area contributed by atoms with Gasteiger partial charge in [-0.2, -0.15) is 0 Å². The Kier molecular flexibility index (Phi) is 3.79. The Morgan fingerprint density at radius 2 is 1.95 bits per heavy atom. The van der Waals surface area contributed by atoms with Gasteiger partial charge in [-0.15, -0.1) is 0 Å². The monoisotopic (exact) mass is 279 g/mol. The van der Waals surface area contributed by atoms with E-state index in [1.165, 1.54) is 12.1 Å². The molecule has 1 aromatic rings. The topological polar surface area (TPSA) is 66.4 Å². The Bertz CT molecular complexity index is 542. The van der Waals surface area contributed by atoms with E-state index < -0.39 is 23.3 Å². The first-order chi connectivity index (χ1) is 9.31. The van der Waals surface area contributed by atoms with Crippen LogP contribution in [0.3, 0.4) is 0 Å². The minimum Gasteiger partial charge on any atom is -0.481 e. The van der Waals surface area contributed by atoms with Crippen molar-refractivity contribution in [2.24, 2.45) is 11.8 Å². The summed E-state index contributed by atoms with van der Waals surface area (Å²) in [4.78, 5) is 23.1. The summed E-state index contributed by atoms with van der Waals surface area (Å²) in [6.07, 6.45) is 1.12. The molecule has 1 aliphatic rings. The summed E-state index contributed by atoms with van der Waals surface area (Å²) < 4.78 is 13.2. The number of hydrogen-bond acceptors (Lipinski definition) is 2. The maximum Gasteiger partial charge on any atom is 0.307 e. The van der Waals surface area contributed by atoms with Gasteiger partial charge in [-0.05, 0) is 44.4 Å². The molecule has 2 rings (SSSR count). The second-order valence-electron chi connectivity index (χ2n) is 5.75. The maximum absolute atomic E-state index is 13.2. The van der Waals surface area contributed by atoms with Gasteiger partial charge in [-0.3, -0.25) is 9.59 Å². The predicted octanol–water partition coefficient (Wildman–Crippen LogP) is 2.29. The Labute approximate surface area is 117 Å². The highest BCUT2D eigenvalue weighted by atomic mass is 19.1. The van der Waals surface area contributed by atoms with Gasteiger partial charge in [0.1, 0.15) is 5.82 Å². The van der Waals surface area contributed by atoms with Crippen LogP contribution in [0.25, 0.3) is 0 Å². The zero-order valence-corrected chi connectivity index (χ0v) is 11.5. The molecule has 0 aromatic heterocycles. The number of aliphatic carboxylic acids is 1. The molecule has 2 unspecified atom stereocenters. The van der Waals surface area contributed by atoms with E-state index in [0.717, 1.165) is 0 Å². The molecule has 0 spiro atoms. The van der Waals surface area contributed by atoms with Crippen LogP contribution in [-0.2, 0) is 15.1 Å². The first-order valence-corrected chi connectivity index (χ1v) is 6.62. The minimum absolute atomic E-state index is 0.280.